The molecule has 14 unspecified atom stereocenters. The number of amides is 8. The molecule has 26 nitrogen and oxygen atoms in total. The molecule has 2 aliphatic heterocycles. The number of aliphatic hydroxyl groups excluding tert-OH is 3. The van der Waals surface area contributed by atoms with Gasteiger partial charge in [-0.25, -0.2) is 0 Å². The molecule has 1 aromatic rings. The number of nitrogens with one attached hydrogen (secondary N) is 6. The molecule has 3 rings (SSSR count). The van der Waals surface area contributed by atoms with Gasteiger partial charge in [0, 0.05) is 50.1 Å². The van der Waals surface area contributed by atoms with E-state index in [0.717, 1.165) is 83.5 Å². The van der Waals surface area contributed by atoms with Gasteiger partial charge >= 0.3 is 5.97 Å². The number of benzene rings is 1. The van der Waals surface area contributed by atoms with Crippen LogP contribution in [-0.4, -0.2) is 176 Å². The van der Waals surface area contributed by atoms with Crippen molar-refractivity contribution in [2.45, 2.75) is 336 Å². The second-order valence-electron chi connectivity index (χ2n) is 27.6. The minimum Gasteiger partial charge on any atom is -0.480 e. The maximum Gasteiger partial charge on any atom is 0.321 e. The van der Waals surface area contributed by atoms with E-state index in [2.05, 4.69) is 38.8 Å². The van der Waals surface area contributed by atoms with Gasteiger partial charge in [-0.3, -0.25) is 43.2 Å². The molecule has 0 aromatic heterocycles. The maximum atomic E-state index is 14.5. The largest absolute Gasteiger partial charge is 0.480 e. The van der Waals surface area contributed by atoms with Crippen LogP contribution in [-0.2, 0) is 49.6 Å². The SMILES string of the molecule is CC(N)CCCCCCCC(N)CCCCCCCC(N)CCCCCCCC(N)CCCCCCCC(O)CCNC(=O)CC(O)CC(O)C1CCCN1C(=O)C1NC(=O)C(CC(N)=O)NC(=O)C(NC(=O)C(Cc2ccccc2)NC(=O)CC(N)C(=O)O)CC(=O)NC1C. The fraction of sp³-hybridized carbons (Fsp3) is 0.786. The number of rotatable bonds is 51. The van der Waals surface area contributed by atoms with Crippen molar-refractivity contribution in [2.75, 3.05) is 13.1 Å². The van der Waals surface area contributed by atoms with Crippen LogP contribution in [0.25, 0.3) is 0 Å². The van der Waals surface area contributed by atoms with E-state index in [0.29, 0.717) is 43.0 Å². The van der Waals surface area contributed by atoms with Crippen molar-refractivity contribution < 1.29 is 63.6 Å². The van der Waals surface area contributed by atoms with Gasteiger partial charge in [-0.2, -0.15) is 0 Å². The Hall–Kier alpha value is -5.87. The van der Waals surface area contributed by atoms with E-state index >= 15 is 0 Å². The van der Waals surface area contributed by atoms with Gasteiger partial charge in [0.15, 0.2) is 0 Å². The highest BCUT2D eigenvalue weighted by atomic mass is 16.4. The topological polar surface area (TPSA) is 466 Å². The lowest BCUT2D eigenvalue weighted by Gasteiger charge is -2.35. The summed E-state index contributed by atoms with van der Waals surface area (Å²) in [6.45, 7) is 3.78. The summed E-state index contributed by atoms with van der Waals surface area (Å²) in [6, 6.07) is -0.529. The number of nitrogens with two attached hydrogens (primary N) is 6. The Labute approximate surface area is 571 Å². The molecule has 26 heteroatoms. The zero-order valence-electron chi connectivity index (χ0n) is 57.9. The summed E-state index contributed by atoms with van der Waals surface area (Å²) < 4.78 is 0. The molecule has 2 fully saturated rings. The summed E-state index contributed by atoms with van der Waals surface area (Å²) in [5.74, 6) is -8.62. The summed E-state index contributed by atoms with van der Waals surface area (Å²) in [6.07, 6.45) is 26.8. The summed E-state index contributed by atoms with van der Waals surface area (Å²) in [7, 11) is 0. The Morgan fingerprint density at radius 1 is 0.615 bits per heavy atom. The lowest BCUT2D eigenvalue weighted by molar-refractivity contribution is -0.141. The first-order chi connectivity index (χ1) is 45.8. The van der Waals surface area contributed by atoms with Gasteiger partial charge in [0.25, 0.3) is 0 Å². The van der Waals surface area contributed by atoms with Crippen LogP contribution < -0.4 is 66.3 Å². The molecule has 1 aromatic carbocycles. The second-order valence-corrected chi connectivity index (χ2v) is 27.6. The third-order valence-electron chi connectivity index (χ3n) is 18.6. The van der Waals surface area contributed by atoms with Gasteiger partial charge in [-0.05, 0) is 90.0 Å². The molecule has 8 amide bonds. The number of hydrogen-bond acceptors (Lipinski definition) is 17. The molecule has 0 spiro atoms. The van der Waals surface area contributed by atoms with Crippen LogP contribution in [0.15, 0.2) is 30.3 Å². The molecule has 22 N–H and O–H groups in total. The highest BCUT2D eigenvalue weighted by molar-refractivity contribution is 5.99. The van der Waals surface area contributed by atoms with Gasteiger partial charge < -0.3 is 91.6 Å². The summed E-state index contributed by atoms with van der Waals surface area (Å²) >= 11 is 0. The number of carboxylic acid groups (broad SMARTS) is 1. The summed E-state index contributed by atoms with van der Waals surface area (Å²) in [5.41, 5.74) is 36.7. The number of hydrogen-bond donors (Lipinski definition) is 16. The Morgan fingerprint density at radius 2 is 1.11 bits per heavy atom. The fourth-order valence-corrected chi connectivity index (χ4v) is 12.8. The molecule has 0 saturated carbocycles. The van der Waals surface area contributed by atoms with Crippen LogP contribution in [0.5, 0.6) is 0 Å². The van der Waals surface area contributed by atoms with Crippen molar-refractivity contribution in [1.29, 1.82) is 0 Å². The molecule has 14 atom stereocenters. The van der Waals surface area contributed by atoms with Crippen molar-refractivity contribution in [1.82, 2.24) is 36.8 Å². The molecule has 0 aliphatic carbocycles. The number of primary amides is 1. The Morgan fingerprint density at radius 3 is 1.61 bits per heavy atom. The molecule has 2 aliphatic rings. The molecule has 2 heterocycles. The summed E-state index contributed by atoms with van der Waals surface area (Å²) in [4.78, 5) is 120. The van der Waals surface area contributed by atoms with Crippen molar-refractivity contribution in [2.24, 2.45) is 34.4 Å². The Balaban J connectivity index is 1.31. The molecule has 0 bridgehead atoms. The highest BCUT2D eigenvalue weighted by Gasteiger charge is 2.42. The monoisotopic (exact) mass is 1360 g/mol. The van der Waals surface area contributed by atoms with Gasteiger partial charge in [0.05, 0.1) is 56.1 Å². The normalized spacial score (nSPS) is 20.6. The molecule has 2 saturated heterocycles. The number of likely N-dealkylation sites (tertiary alicyclic amines) is 1. The zero-order chi connectivity index (χ0) is 70.8. The number of aliphatic carboxylic acids is 1. The number of nitrogens with zero attached hydrogens (tertiary/aromatic N) is 1. The van der Waals surface area contributed by atoms with E-state index in [-0.39, 0.29) is 44.8 Å². The van der Waals surface area contributed by atoms with E-state index in [9.17, 15) is 63.6 Å². The Kier molecular flexibility index (Phi) is 42.9. The number of carbonyl (C=O) groups is 9. The standard InChI is InChI=1S/C70H125N13O13/c1-47(71)27-16-7-3-8-19-30-50(72)31-20-9-4-10-21-32-51(73)33-22-11-5-12-23-34-52(74)35-24-13-6-14-25-36-53(84)38-39-77-62(88)43-54(85)42-60(86)59-37-26-40-83(59)69(94)65-48(2)78-64(90)46-58(67(92)80-57(45-61(76)87)68(93)82-65)81-66(91)56(41-49-28-17-15-18-29-49)79-63(89)44-55(75)70(95)96/h15,17-18,28-29,47-48,50-60,65,84-86H,3-14,16,19-27,30-46,71-75H2,1-2H3,(H2,76,87)(H,77,88)(H,78,90)(H,79,89)(H,80,92)(H,81,91)(H,82,93)(H,95,96). The van der Waals surface area contributed by atoms with Crippen LogP contribution >= 0.6 is 0 Å². The fourth-order valence-electron chi connectivity index (χ4n) is 12.8. The molecule has 96 heavy (non-hydrogen) atoms. The van der Waals surface area contributed by atoms with E-state index in [4.69, 9.17) is 34.4 Å². The minimum absolute atomic E-state index is 0.105. The van der Waals surface area contributed by atoms with Crippen LogP contribution in [0, 0.1) is 0 Å². The number of carbonyl (C=O) groups excluding carboxylic acids is 8. The smallest absolute Gasteiger partial charge is 0.321 e. The zero-order valence-corrected chi connectivity index (χ0v) is 57.9. The van der Waals surface area contributed by atoms with Gasteiger partial charge in [-0.1, -0.05) is 159 Å². The van der Waals surface area contributed by atoms with Crippen LogP contribution in [0.4, 0.5) is 0 Å². The van der Waals surface area contributed by atoms with E-state index in [1.165, 1.54) is 102 Å². The first kappa shape index (κ1) is 84.4. The quantitative estimate of drug-likeness (QED) is 0.0416. The van der Waals surface area contributed by atoms with Crippen LogP contribution in [0.3, 0.4) is 0 Å². The van der Waals surface area contributed by atoms with Crippen molar-refractivity contribution in [3.05, 3.63) is 35.9 Å². The molecule has 548 valence electrons. The van der Waals surface area contributed by atoms with Gasteiger partial charge in [-0.15, -0.1) is 0 Å². The van der Waals surface area contributed by atoms with E-state index in [1.807, 2.05) is 0 Å². The Bertz CT molecular complexity index is 2430. The molecular formula is C70H125N13O13. The number of unbranched alkanes of at least 4 members (excludes halogenated alkanes) is 16. The average Bonchev–Trinajstić information content (AvgIpc) is 1.61. The van der Waals surface area contributed by atoms with Gasteiger partial charge in [0.1, 0.15) is 30.2 Å². The molecule has 0 radical (unpaired) electrons. The lowest BCUT2D eigenvalue weighted by atomic mass is 9.98. The van der Waals surface area contributed by atoms with E-state index in [1.54, 1.807) is 30.3 Å². The first-order valence-electron chi connectivity index (χ1n) is 36.3. The highest BCUT2D eigenvalue weighted by Crippen LogP contribution is 2.26. The van der Waals surface area contributed by atoms with Crippen molar-refractivity contribution >= 4 is 53.2 Å². The maximum absolute atomic E-state index is 14.5. The number of carboxylic acids is 1. The predicted octanol–water partition coefficient (Wildman–Crippen LogP) is 3.37. The number of aliphatic hydroxyl groups is 3. The van der Waals surface area contributed by atoms with Crippen molar-refractivity contribution in [3.8, 4) is 0 Å². The summed E-state index contributed by atoms with van der Waals surface area (Å²) in [5, 5.41) is 57.3. The minimum atomic E-state index is -1.73. The second kappa shape index (κ2) is 48.8. The third-order valence-corrected chi connectivity index (χ3v) is 18.6. The van der Waals surface area contributed by atoms with Gasteiger partial charge in [0.2, 0.25) is 47.3 Å². The lowest BCUT2D eigenvalue weighted by Crippen LogP contribution is -2.62. The first-order valence-corrected chi connectivity index (χ1v) is 36.3. The third kappa shape index (κ3) is 37.2. The molecular weight excluding hydrogens is 1230 g/mol. The predicted molar refractivity (Wildman–Crippen MR) is 371 cm³/mol. The van der Waals surface area contributed by atoms with Crippen LogP contribution in [0.1, 0.15) is 251 Å². The van der Waals surface area contributed by atoms with E-state index < -0.39 is 133 Å². The average molecular weight is 1360 g/mol. The van der Waals surface area contributed by atoms with Crippen molar-refractivity contribution in [3.63, 3.8) is 0 Å². The van der Waals surface area contributed by atoms with Crippen LogP contribution in [0.2, 0.25) is 0 Å².